The lowest BCUT2D eigenvalue weighted by Gasteiger charge is -2.12. The summed E-state index contributed by atoms with van der Waals surface area (Å²) >= 11 is 0. The van der Waals surface area contributed by atoms with E-state index in [2.05, 4.69) is 24.5 Å². The van der Waals surface area contributed by atoms with Gasteiger partial charge < -0.3 is 15.4 Å². The van der Waals surface area contributed by atoms with Gasteiger partial charge in [-0.2, -0.15) is 0 Å². The van der Waals surface area contributed by atoms with Crippen LogP contribution in [0.25, 0.3) is 0 Å². The zero-order valence-corrected chi connectivity index (χ0v) is 13.5. The van der Waals surface area contributed by atoms with Crippen LogP contribution in [0.2, 0.25) is 0 Å². The van der Waals surface area contributed by atoms with Gasteiger partial charge in [-0.15, -0.1) is 12.4 Å². The van der Waals surface area contributed by atoms with Gasteiger partial charge in [0.15, 0.2) is 0 Å². The Morgan fingerprint density at radius 3 is 2.95 bits per heavy atom. The lowest BCUT2D eigenvalue weighted by Crippen LogP contribution is -2.27. The second kappa shape index (κ2) is 8.90. The standard InChI is InChI=1S/C16H24N2O2.ClH/c1-12(2)11-20-15-7-3-5-14(9-15)18-16(19)10-13-6-4-8-17-13;/h3,5,7,9,12-13,17H,4,6,8,10-11H2,1-2H3,(H,18,19);1H. The highest BCUT2D eigenvalue weighted by Gasteiger charge is 2.17. The molecule has 1 aliphatic rings. The van der Waals surface area contributed by atoms with Crippen LogP contribution in [0, 0.1) is 5.92 Å². The Balaban J connectivity index is 0.00000220. The number of hydrogen-bond donors (Lipinski definition) is 2. The number of rotatable bonds is 6. The van der Waals surface area contributed by atoms with Crippen molar-refractivity contribution in [3.05, 3.63) is 24.3 Å². The van der Waals surface area contributed by atoms with E-state index in [1.807, 2.05) is 24.3 Å². The summed E-state index contributed by atoms with van der Waals surface area (Å²) < 4.78 is 5.66. The molecule has 1 heterocycles. The molecule has 0 saturated carbocycles. The van der Waals surface area contributed by atoms with E-state index in [0.717, 1.165) is 30.8 Å². The number of anilines is 1. The first-order valence-electron chi connectivity index (χ1n) is 7.39. The lowest BCUT2D eigenvalue weighted by atomic mass is 10.1. The Kier molecular flexibility index (Phi) is 7.54. The maximum Gasteiger partial charge on any atom is 0.225 e. The predicted molar refractivity (Wildman–Crippen MR) is 88.3 cm³/mol. The van der Waals surface area contributed by atoms with E-state index in [-0.39, 0.29) is 18.3 Å². The number of ether oxygens (including phenoxy) is 1. The van der Waals surface area contributed by atoms with Crippen LogP contribution < -0.4 is 15.4 Å². The highest BCUT2D eigenvalue weighted by molar-refractivity contribution is 5.91. The third-order valence-corrected chi connectivity index (χ3v) is 3.30. The van der Waals surface area contributed by atoms with Gasteiger partial charge in [0.05, 0.1) is 6.61 Å². The molecular weight excluding hydrogens is 288 g/mol. The van der Waals surface area contributed by atoms with Crippen molar-refractivity contribution in [3.63, 3.8) is 0 Å². The first-order valence-corrected chi connectivity index (χ1v) is 7.39. The molecule has 1 aromatic rings. The van der Waals surface area contributed by atoms with Crippen LogP contribution in [-0.2, 0) is 4.79 Å². The quantitative estimate of drug-likeness (QED) is 0.848. The minimum absolute atomic E-state index is 0. The third kappa shape index (κ3) is 6.36. The van der Waals surface area contributed by atoms with Crippen molar-refractivity contribution >= 4 is 24.0 Å². The summed E-state index contributed by atoms with van der Waals surface area (Å²) in [5.41, 5.74) is 0.800. The molecule has 5 heteroatoms. The van der Waals surface area contributed by atoms with E-state index in [4.69, 9.17) is 4.74 Å². The molecule has 2 N–H and O–H groups in total. The molecule has 2 rings (SSSR count). The van der Waals surface area contributed by atoms with Crippen molar-refractivity contribution in [2.24, 2.45) is 5.92 Å². The van der Waals surface area contributed by atoms with Gasteiger partial charge in [0, 0.05) is 24.2 Å². The monoisotopic (exact) mass is 312 g/mol. The van der Waals surface area contributed by atoms with Crippen molar-refractivity contribution in [3.8, 4) is 5.75 Å². The number of carbonyl (C=O) groups excluding carboxylic acids is 1. The van der Waals surface area contributed by atoms with E-state index in [1.54, 1.807) is 0 Å². The molecule has 1 aromatic carbocycles. The Morgan fingerprint density at radius 1 is 1.48 bits per heavy atom. The maximum atomic E-state index is 12.0. The number of halogens is 1. The summed E-state index contributed by atoms with van der Waals surface area (Å²) in [6.07, 6.45) is 2.79. The van der Waals surface area contributed by atoms with Gasteiger partial charge in [0.25, 0.3) is 0 Å². The summed E-state index contributed by atoms with van der Waals surface area (Å²) in [7, 11) is 0. The fourth-order valence-electron chi connectivity index (χ4n) is 2.29. The average molecular weight is 313 g/mol. The molecule has 118 valence electrons. The fraction of sp³-hybridized carbons (Fsp3) is 0.562. The molecule has 1 saturated heterocycles. The molecule has 1 unspecified atom stereocenters. The summed E-state index contributed by atoms with van der Waals surface area (Å²) in [5.74, 6) is 1.35. The summed E-state index contributed by atoms with van der Waals surface area (Å²) in [4.78, 5) is 12.0. The Hall–Kier alpha value is -1.26. The summed E-state index contributed by atoms with van der Waals surface area (Å²) in [6.45, 7) is 5.93. The van der Waals surface area contributed by atoms with Crippen LogP contribution in [0.15, 0.2) is 24.3 Å². The number of carbonyl (C=O) groups is 1. The molecule has 0 spiro atoms. The summed E-state index contributed by atoms with van der Waals surface area (Å²) in [5, 5.41) is 6.27. The SMILES string of the molecule is CC(C)COc1cccc(NC(=O)CC2CCCN2)c1.Cl. The first kappa shape index (κ1) is 17.8. The maximum absolute atomic E-state index is 12.0. The van der Waals surface area contributed by atoms with Crippen LogP contribution in [0.5, 0.6) is 5.75 Å². The second-order valence-electron chi connectivity index (χ2n) is 5.78. The molecule has 1 atom stereocenters. The van der Waals surface area contributed by atoms with Gasteiger partial charge in [-0.3, -0.25) is 4.79 Å². The number of hydrogen-bond acceptors (Lipinski definition) is 3. The highest BCUT2D eigenvalue weighted by atomic mass is 35.5. The van der Waals surface area contributed by atoms with Gasteiger partial charge in [0.1, 0.15) is 5.75 Å². The van der Waals surface area contributed by atoms with Gasteiger partial charge in [0.2, 0.25) is 5.91 Å². The zero-order valence-electron chi connectivity index (χ0n) is 12.7. The molecule has 21 heavy (non-hydrogen) atoms. The van der Waals surface area contributed by atoms with Gasteiger partial charge in [-0.25, -0.2) is 0 Å². The number of nitrogens with one attached hydrogen (secondary N) is 2. The zero-order chi connectivity index (χ0) is 14.4. The normalized spacial score (nSPS) is 17.4. The molecule has 4 nitrogen and oxygen atoms in total. The Labute approximate surface area is 133 Å². The average Bonchev–Trinajstić information content (AvgIpc) is 2.89. The van der Waals surface area contributed by atoms with Crippen molar-refractivity contribution in [1.82, 2.24) is 5.32 Å². The smallest absolute Gasteiger partial charge is 0.225 e. The van der Waals surface area contributed by atoms with Crippen LogP contribution in [-0.4, -0.2) is 25.1 Å². The Morgan fingerprint density at radius 2 is 2.29 bits per heavy atom. The molecule has 1 amide bonds. The van der Waals surface area contributed by atoms with E-state index < -0.39 is 0 Å². The number of amides is 1. The van der Waals surface area contributed by atoms with Gasteiger partial charge >= 0.3 is 0 Å². The summed E-state index contributed by atoms with van der Waals surface area (Å²) in [6, 6.07) is 7.91. The van der Waals surface area contributed by atoms with E-state index in [0.29, 0.717) is 25.0 Å². The topological polar surface area (TPSA) is 50.4 Å². The molecule has 0 bridgehead atoms. The van der Waals surface area contributed by atoms with E-state index in [9.17, 15) is 4.79 Å². The number of benzene rings is 1. The first-order chi connectivity index (χ1) is 9.63. The Bertz CT molecular complexity index is 446. The van der Waals surface area contributed by atoms with Crippen molar-refractivity contribution in [2.75, 3.05) is 18.5 Å². The van der Waals surface area contributed by atoms with Crippen molar-refractivity contribution in [1.29, 1.82) is 0 Å². The van der Waals surface area contributed by atoms with Crippen LogP contribution in [0.1, 0.15) is 33.1 Å². The van der Waals surface area contributed by atoms with Crippen LogP contribution in [0.4, 0.5) is 5.69 Å². The predicted octanol–water partition coefficient (Wildman–Crippen LogP) is 3.22. The minimum Gasteiger partial charge on any atom is -0.493 e. The lowest BCUT2D eigenvalue weighted by molar-refractivity contribution is -0.116. The highest BCUT2D eigenvalue weighted by Crippen LogP contribution is 2.19. The van der Waals surface area contributed by atoms with E-state index in [1.165, 1.54) is 0 Å². The fourth-order valence-corrected chi connectivity index (χ4v) is 2.29. The molecule has 0 aliphatic carbocycles. The molecule has 1 fully saturated rings. The molecule has 1 aliphatic heterocycles. The molecule has 0 radical (unpaired) electrons. The van der Waals surface area contributed by atoms with Crippen molar-refractivity contribution < 1.29 is 9.53 Å². The second-order valence-corrected chi connectivity index (χ2v) is 5.78. The van der Waals surface area contributed by atoms with Crippen LogP contribution in [0.3, 0.4) is 0 Å². The van der Waals surface area contributed by atoms with Crippen LogP contribution >= 0.6 is 12.4 Å². The van der Waals surface area contributed by atoms with Gasteiger partial charge in [-0.1, -0.05) is 19.9 Å². The van der Waals surface area contributed by atoms with E-state index >= 15 is 0 Å². The minimum atomic E-state index is 0. The van der Waals surface area contributed by atoms with Crippen molar-refractivity contribution in [2.45, 2.75) is 39.2 Å². The van der Waals surface area contributed by atoms with Gasteiger partial charge in [-0.05, 0) is 37.4 Å². The molecule has 0 aromatic heterocycles. The third-order valence-electron chi connectivity index (χ3n) is 3.30. The molecular formula is C16H25ClN2O2. The largest absolute Gasteiger partial charge is 0.493 e.